The molecule has 1 aliphatic rings. The van der Waals surface area contributed by atoms with Crippen molar-refractivity contribution in [3.63, 3.8) is 0 Å². The van der Waals surface area contributed by atoms with Gasteiger partial charge in [-0.2, -0.15) is 0 Å². The molecule has 0 aliphatic heterocycles. The number of ether oxygens (including phenoxy) is 2. The van der Waals surface area contributed by atoms with Gasteiger partial charge < -0.3 is 9.47 Å². The van der Waals surface area contributed by atoms with Crippen LogP contribution in [0.2, 0.25) is 0 Å². The Morgan fingerprint density at radius 1 is 0.900 bits per heavy atom. The van der Waals surface area contributed by atoms with Crippen LogP contribution >= 0.6 is 0 Å². The Balaban J connectivity index is 1.63. The van der Waals surface area contributed by atoms with E-state index >= 15 is 0 Å². The average molecular weight is 403 g/mol. The predicted octanol–water partition coefficient (Wildman–Crippen LogP) is 6.46. The zero-order chi connectivity index (χ0) is 21.1. The number of hydrogen-bond donors (Lipinski definition) is 0. The molecule has 3 aromatic rings. The van der Waals surface area contributed by atoms with Crippen LogP contribution in [0.15, 0.2) is 54.6 Å². The van der Waals surface area contributed by atoms with E-state index in [0.29, 0.717) is 12.4 Å². The minimum atomic E-state index is -0.371. The first kappa shape index (κ1) is 20.0. The van der Waals surface area contributed by atoms with Crippen LogP contribution in [0.5, 0.6) is 17.2 Å². The van der Waals surface area contributed by atoms with E-state index in [-0.39, 0.29) is 10.6 Å². The van der Waals surface area contributed by atoms with Crippen LogP contribution in [0.4, 0.5) is 5.69 Å². The lowest BCUT2D eigenvalue weighted by Crippen LogP contribution is -2.08. The zero-order valence-electron chi connectivity index (χ0n) is 17.3. The second kappa shape index (κ2) is 8.57. The predicted molar refractivity (Wildman–Crippen MR) is 117 cm³/mol. The van der Waals surface area contributed by atoms with E-state index in [1.807, 2.05) is 44.2 Å². The number of benzene rings is 3. The highest BCUT2D eigenvalue weighted by atomic mass is 16.6. The molecule has 0 saturated carbocycles. The van der Waals surface area contributed by atoms with Crippen molar-refractivity contribution in [2.75, 3.05) is 0 Å². The van der Waals surface area contributed by atoms with Crippen molar-refractivity contribution >= 4 is 5.69 Å². The number of nitro benzene ring substituents is 1. The summed E-state index contributed by atoms with van der Waals surface area (Å²) in [6.07, 6.45) is 4.16. The SMILES string of the molecule is Cc1cc([N+](=O)[O-])cc(C)c1Oc1ccc(OCc2ccccc2)c2c1CCCC2. The van der Waals surface area contributed by atoms with Crippen LogP contribution in [0.3, 0.4) is 0 Å². The number of nitro groups is 1. The first-order valence-electron chi connectivity index (χ1n) is 10.3. The Morgan fingerprint density at radius 3 is 2.13 bits per heavy atom. The molecule has 0 N–H and O–H groups in total. The van der Waals surface area contributed by atoms with Crippen molar-refractivity contribution < 1.29 is 14.4 Å². The van der Waals surface area contributed by atoms with E-state index in [1.54, 1.807) is 12.1 Å². The molecule has 0 spiro atoms. The lowest BCUT2D eigenvalue weighted by atomic mass is 9.90. The van der Waals surface area contributed by atoms with Crippen molar-refractivity contribution in [1.82, 2.24) is 0 Å². The largest absolute Gasteiger partial charge is 0.489 e. The van der Waals surface area contributed by atoms with Gasteiger partial charge in [-0.1, -0.05) is 30.3 Å². The topological polar surface area (TPSA) is 61.6 Å². The number of aryl methyl sites for hydroxylation is 2. The van der Waals surface area contributed by atoms with Gasteiger partial charge in [0.05, 0.1) is 4.92 Å². The summed E-state index contributed by atoms with van der Waals surface area (Å²) in [7, 11) is 0. The molecule has 0 bridgehead atoms. The van der Waals surface area contributed by atoms with Crippen LogP contribution in [0.25, 0.3) is 0 Å². The van der Waals surface area contributed by atoms with E-state index in [9.17, 15) is 10.1 Å². The molecule has 0 atom stereocenters. The fourth-order valence-corrected chi connectivity index (χ4v) is 4.07. The van der Waals surface area contributed by atoms with Gasteiger partial charge in [0.1, 0.15) is 23.9 Å². The standard InChI is InChI=1S/C25H25NO4/c1-17-14-20(26(27)28)15-18(2)25(17)30-24-13-12-23(21-10-6-7-11-22(21)24)29-16-19-8-4-3-5-9-19/h3-5,8-9,12-15H,6-7,10-11,16H2,1-2H3. The van der Waals surface area contributed by atoms with Crippen LogP contribution < -0.4 is 9.47 Å². The van der Waals surface area contributed by atoms with E-state index in [2.05, 4.69) is 12.1 Å². The van der Waals surface area contributed by atoms with Gasteiger partial charge in [-0.25, -0.2) is 0 Å². The summed E-state index contributed by atoms with van der Waals surface area (Å²) in [6.45, 7) is 4.23. The first-order valence-corrected chi connectivity index (χ1v) is 10.3. The maximum absolute atomic E-state index is 11.1. The number of fused-ring (bicyclic) bond motifs is 1. The van der Waals surface area contributed by atoms with Crippen LogP contribution in [0.1, 0.15) is 40.7 Å². The van der Waals surface area contributed by atoms with E-state index in [4.69, 9.17) is 9.47 Å². The highest BCUT2D eigenvalue weighted by Crippen LogP contribution is 2.40. The van der Waals surface area contributed by atoms with Crippen molar-refractivity contribution in [3.8, 4) is 17.2 Å². The lowest BCUT2D eigenvalue weighted by Gasteiger charge is -2.23. The monoisotopic (exact) mass is 403 g/mol. The van der Waals surface area contributed by atoms with Crippen LogP contribution in [-0.2, 0) is 19.4 Å². The average Bonchev–Trinajstić information content (AvgIpc) is 2.76. The number of rotatable bonds is 6. The van der Waals surface area contributed by atoms with Crippen molar-refractivity contribution in [2.45, 2.75) is 46.1 Å². The van der Waals surface area contributed by atoms with Gasteiger partial charge in [0, 0.05) is 23.3 Å². The molecule has 154 valence electrons. The molecule has 5 heteroatoms. The van der Waals surface area contributed by atoms with Gasteiger partial charge >= 0.3 is 0 Å². The Kier molecular flexibility index (Phi) is 5.70. The lowest BCUT2D eigenvalue weighted by molar-refractivity contribution is -0.385. The van der Waals surface area contributed by atoms with Gasteiger partial charge in [0.2, 0.25) is 0 Å². The van der Waals surface area contributed by atoms with Crippen LogP contribution in [0, 0.1) is 24.0 Å². The third kappa shape index (κ3) is 4.15. The molecule has 0 fully saturated rings. The Hall–Kier alpha value is -3.34. The summed E-state index contributed by atoms with van der Waals surface area (Å²) in [5.41, 5.74) is 5.14. The fraction of sp³-hybridized carbons (Fsp3) is 0.280. The second-order valence-corrected chi connectivity index (χ2v) is 7.77. The molecule has 0 aromatic heterocycles. The normalized spacial score (nSPS) is 12.9. The highest BCUT2D eigenvalue weighted by molar-refractivity contribution is 5.55. The van der Waals surface area contributed by atoms with Gasteiger partial charge in [-0.15, -0.1) is 0 Å². The molecule has 0 saturated heterocycles. The maximum Gasteiger partial charge on any atom is 0.270 e. The smallest absolute Gasteiger partial charge is 0.270 e. The van der Waals surface area contributed by atoms with E-state index in [0.717, 1.165) is 53.9 Å². The quantitative estimate of drug-likeness (QED) is 0.350. The molecule has 0 heterocycles. The number of non-ortho nitro benzene ring substituents is 1. The van der Waals surface area contributed by atoms with E-state index < -0.39 is 0 Å². The molecule has 0 radical (unpaired) electrons. The fourth-order valence-electron chi connectivity index (χ4n) is 4.07. The van der Waals surface area contributed by atoms with Crippen LogP contribution in [-0.4, -0.2) is 4.92 Å². The van der Waals surface area contributed by atoms with E-state index in [1.165, 1.54) is 11.1 Å². The molecule has 0 unspecified atom stereocenters. The molecular formula is C25H25NO4. The maximum atomic E-state index is 11.1. The van der Waals surface area contributed by atoms with Crippen molar-refractivity contribution in [2.24, 2.45) is 0 Å². The summed E-state index contributed by atoms with van der Waals surface area (Å²) >= 11 is 0. The van der Waals surface area contributed by atoms with Gasteiger partial charge in [0.25, 0.3) is 5.69 Å². The molecule has 5 nitrogen and oxygen atoms in total. The second-order valence-electron chi connectivity index (χ2n) is 7.77. The number of nitrogens with zero attached hydrogens (tertiary/aromatic N) is 1. The van der Waals surface area contributed by atoms with Gasteiger partial charge in [-0.3, -0.25) is 10.1 Å². The minimum Gasteiger partial charge on any atom is -0.489 e. The summed E-state index contributed by atoms with van der Waals surface area (Å²) in [4.78, 5) is 10.7. The molecule has 1 aliphatic carbocycles. The minimum absolute atomic E-state index is 0.0871. The van der Waals surface area contributed by atoms with Gasteiger partial charge in [-0.05, 0) is 68.4 Å². The first-order chi connectivity index (χ1) is 14.5. The molecule has 3 aromatic carbocycles. The third-order valence-electron chi connectivity index (χ3n) is 5.55. The highest BCUT2D eigenvalue weighted by Gasteiger charge is 2.21. The summed E-state index contributed by atoms with van der Waals surface area (Å²) < 4.78 is 12.5. The molecule has 4 rings (SSSR count). The summed E-state index contributed by atoms with van der Waals surface area (Å²) in [6, 6.07) is 17.2. The molecule has 0 amide bonds. The summed E-state index contributed by atoms with van der Waals surface area (Å²) in [5, 5.41) is 11.1. The van der Waals surface area contributed by atoms with Crippen molar-refractivity contribution in [1.29, 1.82) is 0 Å². The third-order valence-corrected chi connectivity index (χ3v) is 5.55. The zero-order valence-corrected chi connectivity index (χ0v) is 17.3. The Morgan fingerprint density at radius 2 is 1.50 bits per heavy atom. The number of hydrogen-bond acceptors (Lipinski definition) is 4. The van der Waals surface area contributed by atoms with Crippen molar-refractivity contribution in [3.05, 3.63) is 92.5 Å². The molecule has 30 heavy (non-hydrogen) atoms. The Labute approximate surface area is 176 Å². The summed E-state index contributed by atoms with van der Waals surface area (Å²) in [5.74, 6) is 2.42. The van der Waals surface area contributed by atoms with Gasteiger partial charge in [0.15, 0.2) is 0 Å². The molecular weight excluding hydrogens is 378 g/mol. The Bertz CT molecular complexity index is 1050.